The first-order valence-corrected chi connectivity index (χ1v) is 9.97. The van der Waals surface area contributed by atoms with Crippen LogP contribution in [-0.4, -0.2) is 25.8 Å². The number of fused-ring (bicyclic) bond motifs is 1. The minimum atomic E-state index is -3.16. The fourth-order valence-corrected chi connectivity index (χ4v) is 4.77. The van der Waals surface area contributed by atoms with Crippen LogP contribution in [0.2, 0.25) is 0 Å². The van der Waals surface area contributed by atoms with Crippen molar-refractivity contribution in [3.05, 3.63) is 29.3 Å². The molecule has 0 radical (unpaired) electrons. The molecule has 0 spiro atoms. The molecule has 0 fully saturated rings. The van der Waals surface area contributed by atoms with Crippen molar-refractivity contribution in [2.24, 2.45) is 5.92 Å². The summed E-state index contributed by atoms with van der Waals surface area (Å²) in [6.07, 6.45) is 2.86. The van der Waals surface area contributed by atoms with E-state index in [0.717, 1.165) is 30.5 Å². The summed E-state index contributed by atoms with van der Waals surface area (Å²) < 4.78 is 23.8. The van der Waals surface area contributed by atoms with Gasteiger partial charge in [0.05, 0.1) is 17.5 Å². The summed E-state index contributed by atoms with van der Waals surface area (Å²) in [5.41, 5.74) is 8.82. The smallest absolute Gasteiger partial charge is 0.221 e. The van der Waals surface area contributed by atoms with E-state index in [2.05, 4.69) is 5.32 Å². The molecule has 0 heterocycles. The van der Waals surface area contributed by atoms with E-state index in [1.165, 1.54) is 5.56 Å². The molecule has 128 valence electrons. The number of hydrogen-bond acceptors (Lipinski definition) is 4. The number of benzene rings is 1. The Kier molecular flexibility index (Phi) is 5.68. The highest BCUT2D eigenvalue weighted by Gasteiger charge is 2.23. The van der Waals surface area contributed by atoms with Crippen molar-refractivity contribution in [2.75, 3.05) is 17.2 Å². The van der Waals surface area contributed by atoms with E-state index in [9.17, 15) is 13.2 Å². The first-order valence-electron chi connectivity index (χ1n) is 8.15. The van der Waals surface area contributed by atoms with Gasteiger partial charge in [-0.25, -0.2) is 8.42 Å². The summed E-state index contributed by atoms with van der Waals surface area (Å²) in [7, 11) is -3.16. The molecule has 1 aromatic rings. The number of nitrogens with two attached hydrogens (primary N) is 1. The van der Waals surface area contributed by atoms with Gasteiger partial charge in [0.25, 0.3) is 0 Å². The van der Waals surface area contributed by atoms with E-state index < -0.39 is 9.84 Å². The van der Waals surface area contributed by atoms with Gasteiger partial charge in [-0.2, -0.15) is 0 Å². The van der Waals surface area contributed by atoms with Crippen molar-refractivity contribution >= 4 is 21.4 Å². The summed E-state index contributed by atoms with van der Waals surface area (Å²) >= 11 is 0. The van der Waals surface area contributed by atoms with E-state index >= 15 is 0 Å². The molecule has 5 nitrogen and oxygen atoms in total. The minimum Gasteiger partial charge on any atom is -0.399 e. The predicted molar refractivity (Wildman–Crippen MR) is 92.8 cm³/mol. The largest absolute Gasteiger partial charge is 0.399 e. The summed E-state index contributed by atoms with van der Waals surface area (Å²) in [6, 6.07) is 5.72. The van der Waals surface area contributed by atoms with Crippen LogP contribution < -0.4 is 11.1 Å². The lowest BCUT2D eigenvalue weighted by Gasteiger charge is -2.26. The molecule has 0 saturated carbocycles. The summed E-state index contributed by atoms with van der Waals surface area (Å²) in [6.45, 7) is 3.73. The molecule has 23 heavy (non-hydrogen) atoms. The average molecular weight is 338 g/mol. The maximum absolute atomic E-state index is 12.1. The lowest BCUT2D eigenvalue weighted by molar-refractivity contribution is -0.121. The normalized spacial score (nSPS) is 17.8. The molecule has 1 unspecified atom stereocenters. The van der Waals surface area contributed by atoms with Crippen molar-refractivity contribution in [2.45, 2.75) is 45.6 Å². The Balaban J connectivity index is 1.95. The zero-order chi connectivity index (χ0) is 17.0. The van der Waals surface area contributed by atoms with Gasteiger partial charge in [0, 0.05) is 12.1 Å². The van der Waals surface area contributed by atoms with Crippen molar-refractivity contribution < 1.29 is 13.2 Å². The Morgan fingerprint density at radius 3 is 2.83 bits per heavy atom. The van der Waals surface area contributed by atoms with E-state index in [1.54, 1.807) is 0 Å². The predicted octanol–water partition coefficient (Wildman–Crippen LogP) is 2.22. The zero-order valence-corrected chi connectivity index (χ0v) is 14.7. The second-order valence-corrected chi connectivity index (χ2v) is 8.96. The highest BCUT2D eigenvalue weighted by atomic mass is 32.2. The van der Waals surface area contributed by atoms with Gasteiger partial charge >= 0.3 is 0 Å². The van der Waals surface area contributed by atoms with Gasteiger partial charge in [0.1, 0.15) is 0 Å². The van der Waals surface area contributed by atoms with Crippen LogP contribution >= 0.6 is 0 Å². The Bertz CT molecular complexity index is 668. The van der Waals surface area contributed by atoms with Gasteiger partial charge in [0.15, 0.2) is 9.84 Å². The summed E-state index contributed by atoms with van der Waals surface area (Å²) in [5.74, 6) is -0.0739. The van der Waals surface area contributed by atoms with Gasteiger partial charge in [-0.15, -0.1) is 0 Å². The quantitative estimate of drug-likeness (QED) is 0.778. The lowest BCUT2D eigenvalue weighted by atomic mass is 9.87. The third-order valence-corrected chi connectivity index (χ3v) is 6.04. The topological polar surface area (TPSA) is 89.3 Å². The van der Waals surface area contributed by atoms with Crippen LogP contribution in [0.15, 0.2) is 18.2 Å². The van der Waals surface area contributed by atoms with E-state index in [4.69, 9.17) is 5.73 Å². The van der Waals surface area contributed by atoms with Crippen LogP contribution in [0, 0.1) is 5.92 Å². The first kappa shape index (κ1) is 17.8. The number of rotatable bonds is 6. The van der Waals surface area contributed by atoms with Crippen LogP contribution in [0.4, 0.5) is 5.69 Å². The average Bonchev–Trinajstić information content (AvgIpc) is 2.44. The fraction of sp³-hybridized carbons (Fsp3) is 0.588. The maximum Gasteiger partial charge on any atom is 0.221 e. The molecule has 2 rings (SSSR count). The molecular formula is C17H26N2O3S. The van der Waals surface area contributed by atoms with E-state index in [0.29, 0.717) is 0 Å². The molecule has 3 N–H and O–H groups in total. The van der Waals surface area contributed by atoms with Gasteiger partial charge in [-0.1, -0.05) is 19.9 Å². The van der Waals surface area contributed by atoms with Gasteiger partial charge in [-0.05, 0) is 48.4 Å². The number of amides is 1. The molecular weight excluding hydrogens is 312 g/mol. The summed E-state index contributed by atoms with van der Waals surface area (Å²) in [5, 5.41) is 2.98. The molecule has 0 aromatic heterocycles. The number of nitrogen functional groups attached to an aromatic ring is 1. The molecule has 1 aromatic carbocycles. The fourth-order valence-electron chi connectivity index (χ4n) is 3.09. The Morgan fingerprint density at radius 2 is 2.13 bits per heavy atom. The van der Waals surface area contributed by atoms with E-state index in [1.807, 2.05) is 32.0 Å². The van der Waals surface area contributed by atoms with Crippen LogP contribution in [-0.2, 0) is 21.1 Å². The third-order valence-electron chi connectivity index (χ3n) is 4.04. The molecule has 0 aliphatic heterocycles. The minimum absolute atomic E-state index is 0.0237. The molecule has 1 atom stereocenters. The molecule has 1 amide bonds. The third kappa shape index (κ3) is 5.23. The first-order chi connectivity index (χ1) is 10.8. The highest BCUT2D eigenvalue weighted by molar-refractivity contribution is 7.91. The number of carbonyl (C=O) groups is 1. The zero-order valence-electron chi connectivity index (χ0n) is 13.8. The molecule has 6 heteroatoms. The Morgan fingerprint density at radius 1 is 1.39 bits per heavy atom. The van der Waals surface area contributed by atoms with Crippen molar-refractivity contribution in [1.29, 1.82) is 0 Å². The van der Waals surface area contributed by atoms with Crippen molar-refractivity contribution in [3.8, 4) is 0 Å². The second kappa shape index (κ2) is 7.34. The van der Waals surface area contributed by atoms with Crippen molar-refractivity contribution in [1.82, 2.24) is 5.32 Å². The SMILES string of the molecule is CC(C)CS(=O)(=O)CCC(=O)NC1CCCc2cc(N)ccc21. The van der Waals surface area contributed by atoms with Gasteiger partial charge in [-0.3, -0.25) is 4.79 Å². The highest BCUT2D eigenvalue weighted by Crippen LogP contribution is 2.31. The van der Waals surface area contributed by atoms with Crippen LogP contribution in [0.25, 0.3) is 0 Å². The van der Waals surface area contributed by atoms with Crippen LogP contribution in [0.1, 0.15) is 50.3 Å². The van der Waals surface area contributed by atoms with E-state index in [-0.39, 0.29) is 35.8 Å². The number of aryl methyl sites for hydroxylation is 1. The van der Waals surface area contributed by atoms with Gasteiger partial charge < -0.3 is 11.1 Å². The maximum atomic E-state index is 12.1. The lowest BCUT2D eigenvalue weighted by Crippen LogP contribution is -2.32. The molecule has 0 bridgehead atoms. The number of carbonyl (C=O) groups excluding carboxylic acids is 1. The molecule has 1 aliphatic rings. The number of nitrogens with one attached hydrogen (secondary N) is 1. The standard InChI is InChI=1S/C17H26N2O3S/c1-12(2)11-23(21,22)9-8-17(20)19-16-5-3-4-13-10-14(18)6-7-15(13)16/h6-7,10,12,16H,3-5,8-9,11,18H2,1-2H3,(H,19,20). The van der Waals surface area contributed by atoms with Crippen LogP contribution in [0.5, 0.6) is 0 Å². The Hall–Kier alpha value is -1.56. The number of sulfone groups is 1. The van der Waals surface area contributed by atoms with Gasteiger partial charge in [0.2, 0.25) is 5.91 Å². The number of hydrogen-bond donors (Lipinski definition) is 2. The summed E-state index contributed by atoms with van der Waals surface area (Å²) in [4.78, 5) is 12.1. The Labute approximate surface area is 138 Å². The van der Waals surface area contributed by atoms with Crippen LogP contribution in [0.3, 0.4) is 0 Å². The molecule has 1 aliphatic carbocycles. The number of anilines is 1. The monoisotopic (exact) mass is 338 g/mol. The second-order valence-electron chi connectivity index (χ2n) is 6.73. The molecule has 0 saturated heterocycles. The van der Waals surface area contributed by atoms with Crippen molar-refractivity contribution in [3.63, 3.8) is 0 Å².